The topological polar surface area (TPSA) is 97.0 Å². The molecule has 192 valence electrons. The molecule has 0 radical (unpaired) electrons. The monoisotopic (exact) mass is 498 g/mol. The van der Waals surface area contributed by atoms with Crippen LogP contribution in [0.25, 0.3) is 0 Å². The summed E-state index contributed by atoms with van der Waals surface area (Å²) in [5.74, 6) is -0.233. The van der Waals surface area contributed by atoms with Crippen molar-refractivity contribution >= 4 is 17.8 Å². The van der Waals surface area contributed by atoms with Crippen molar-refractivity contribution in [1.82, 2.24) is 10.2 Å². The van der Waals surface area contributed by atoms with E-state index < -0.39 is 5.54 Å². The van der Waals surface area contributed by atoms with Crippen LogP contribution in [0, 0.1) is 0 Å². The second-order valence-electron chi connectivity index (χ2n) is 9.08. The van der Waals surface area contributed by atoms with Gasteiger partial charge in [0.25, 0.3) is 11.8 Å². The summed E-state index contributed by atoms with van der Waals surface area (Å²) in [7, 11) is 0. The van der Waals surface area contributed by atoms with Crippen molar-refractivity contribution in [3.8, 4) is 0 Å². The maximum atomic E-state index is 14.0. The zero-order valence-corrected chi connectivity index (χ0v) is 21.2. The van der Waals surface area contributed by atoms with Crippen molar-refractivity contribution in [3.63, 3.8) is 0 Å². The van der Waals surface area contributed by atoms with Crippen molar-refractivity contribution in [3.05, 3.63) is 107 Å². The number of carbonyl (C=O) groups excluding carboxylic acids is 2. The van der Waals surface area contributed by atoms with Crippen LogP contribution in [0.2, 0.25) is 0 Å². The first kappa shape index (κ1) is 26.1. The van der Waals surface area contributed by atoms with Crippen molar-refractivity contribution in [2.24, 2.45) is 10.7 Å². The molecule has 7 nitrogen and oxygen atoms in total. The molecule has 3 N–H and O–H groups in total. The molecule has 0 saturated heterocycles. The van der Waals surface area contributed by atoms with Gasteiger partial charge in [-0.15, -0.1) is 0 Å². The van der Waals surface area contributed by atoms with E-state index in [0.29, 0.717) is 18.7 Å². The van der Waals surface area contributed by atoms with Gasteiger partial charge in [-0.05, 0) is 41.7 Å². The van der Waals surface area contributed by atoms with Crippen LogP contribution in [0.4, 0.5) is 0 Å². The van der Waals surface area contributed by atoms with Gasteiger partial charge in [0.2, 0.25) is 0 Å². The number of hydrogen-bond acceptors (Lipinski definition) is 5. The van der Waals surface area contributed by atoms with E-state index in [2.05, 4.69) is 12.2 Å². The molecule has 0 spiro atoms. The third kappa shape index (κ3) is 5.89. The first-order valence-electron chi connectivity index (χ1n) is 12.8. The van der Waals surface area contributed by atoms with Crippen molar-refractivity contribution in [1.29, 1.82) is 0 Å². The van der Waals surface area contributed by atoms with Gasteiger partial charge in [-0.3, -0.25) is 14.5 Å². The molecule has 7 heteroatoms. The van der Waals surface area contributed by atoms with Gasteiger partial charge in [-0.1, -0.05) is 86.1 Å². The van der Waals surface area contributed by atoms with Crippen LogP contribution in [-0.4, -0.2) is 42.4 Å². The standard InChI is InChI=1S/C30H34N4O3/c1-2-3-19-37-20-11-18-32-27(35)24-13-10-12-23(21-24)22-34-28(36)30(33-29(34)31,25-14-6-4-7-15-25)26-16-8-5-9-17-26/h4-10,12-17,21H,2-3,11,18-20,22H2,1H3,(H2,31,33)(H,32,35). The minimum atomic E-state index is -1.25. The van der Waals surface area contributed by atoms with E-state index in [1.54, 1.807) is 12.1 Å². The largest absolute Gasteiger partial charge is 0.381 e. The minimum absolute atomic E-state index is 0.149. The van der Waals surface area contributed by atoms with Gasteiger partial charge in [0.05, 0.1) is 6.54 Å². The summed E-state index contributed by atoms with van der Waals surface area (Å²) < 4.78 is 5.54. The molecule has 0 atom stereocenters. The Morgan fingerprint density at radius 1 is 0.946 bits per heavy atom. The maximum Gasteiger partial charge on any atom is 0.266 e. The number of aliphatic imine (C=N–C) groups is 1. The first-order chi connectivity index (χ1) is 18.1. The Kier molecular flexibility index (Phi) is 8.69. The van der Waals surface area contributed by atoms with Crippen LogP contribution < -0.4 is 11.1 Å². The quantitative estimate of drug-likeness (QED) is 0.365. The normalized spacial score (nSPS) is 14.5. The number of carbonyl (C=O) groups is 2. The maximum absolute atomic E-state index is 14.0. The van der Waals surface area contributed by atoms with Crippen LogP contribution in [0.5, 0.6) is 0 Å². The number of nitrogens with one attached hydrogen (secondary N) is 1. The number of unbranched alkanes of at least 4 members (excludes halogenated alkanes) is 1. The third-order valence-corrected chi connectivity index (χ3v) is 6.42. The smallest absolute Gasteiger partial charge is 0.266 e. The highest BCUT2D eigenvalue weighted by atomic mass is 16.5. The molecular weight excluding hydrogens is 464 g/mol. The van der Waals surface area contributed by atoms with Gasteiger partial charge in [0.15, 0.2) is 11.5 Å². The number of amides is 2. The van der Waals surface area contributed by atoms with Gasteiger partial charge in [0, 0.05) is 25.3 Å². The molecule has 0 aliphatic carbocycles. The number of benzene rings is 3. The van der Waals surface area contributed by atoms with E-state index in [1.807, 2.05) is 72.8 Å². The van der Waals surface area contributed by atoms with E-state index >= 15 is 0 Å². The molecular formula is C30H34N4O3. The molecule has 0 bridgehead atoms. The Balaban J connectivity index is 1.47. The van der Waals surface area contributed by atoms with Crippen LogP contribution in [0.3, 0.4) is 0 Å². The van der Waals surface area contributed by atoms with Gasteiger partial charge in [-0.2, -0.15) is 0 Å². The molecule has 4 rings (SSSR count). The van der Waals surface area contributed by atoms with Crippen LogP contribution in [-0.2, 0) is 21.6 Å². The van der Waals surface area contributed by atoms with Crippen LogP contribution in [0.15, 0.2) is 89.9 Å². The Morgan fingerprint density at radius 2 is 1.59 bits per heavy atom. The molecule has 37 heavy (non-hydrogen) atoms. The fourth-order valence-corrected chi connectivity index (χ4v) is 4.45. The molecule has 1 heterocycles. The molecule has 1 aliphatic rings. The van der Waals surface area contributed by atoms with Crippen molar-refractivity contribution in [2.45, 2.75) is 38.3 Å². The predicted octanol–water partition coefficient (Wildman–Crippen LogP) is 4.22. The number of nitrogens with zero attached hydrogens (tertiary/aromatic N) is 2. The summed E-state index contributed by atoms with van der Waals surface area (Å²) in [5, 5.41) is 2.94. The number of hydrogen-bond donors (Lipinski definition) is 2. The lowest BCUT2D eigenvalue weighted by atomic mass is 9.83. The molecule has 0 aromatic heterocycles. The number of rotatable bonds is 12. The lowest BCUT2D eigenvalue weighted by molar-refractivity contribution is -0.130. The zero-order chi connectivity index (χ0) is 26.1. The predicted molar refractivity (Wildman–Crippen MR) is 145 cm³/mol. The second kappa shape index (κ2) is 12.3. The van der Waals surface area contributed by atoms with E-state index in [9.17, 15) is 9.59 Å². The van der Waals surface area contributed by atoms with Crippen molar-refractivity contribution < 1.29 is 14.3 Å². The van der Waals surface area contributed by atoms with Crippen LogP contribution in [0.1, 0.15) is 53.2 Å². The van der Waals surface area contributed by atoms with Gasteiger partial charge in [-0.25, -0.2) is 4.99 Å². The second-order valence-corrected chi connectivity index (χ2v) is 9.08. The molecule has 1 aliphatic heterocycles. The molecule has 3 aromatic rings. The molecule has 0 fully saturated rings. The molecule has 0 saturated carbocycles. The lowest BCUT2D eigenvalue weighted by Gasteiger charge is -2.27. The van der Waals surface area contributed by atoms with E-state index in [1.165, 1.54) is 4.90 Å². The van der Waals surface area contributed by atoms with Crippen LogP contribution >= 0.6 is 0 Å². The summed E-state index contributed by atoms with van der Waals surface area (Å²) in [6.45, 7) is 4.25. The van der Waals surface area contributed by atoms with Gasteiger partial charge >= 0.3 is 0 Å². The lowest BCUT2D eigenvalue weighted by Crippen LogP contribution is -2.43. The van der Waals surface area contributed by atoms with E-state index in [-0.39, 0.29) is 24.3 Å². The minimum Gasteiger partial charge on any atom is -0.381 e. The first-order valence-corrected chi connectivity index (χ1v) is 12.8. The highest BCUT2D eigenvalue weighted by Crippen LogP contribution is 2.39. The van der Waals surface area contributed by atoms with Gasteiger partial charge in [0.1, 0.15) is 0 Å². The summed E-state index contributed by atoms with van der Waals surface area (Å²) in [6, 6.07) is 26.2. The summed E-state index contributed by atoms with van der Waals surface area (Å²) in [6.07, 6.45) is 2.91. The fraction of sp³-hybridized carbons (Fsp3) is 0.300. The molecule has 2 amide bonds. The Bertz CT molecular complexity index is 1190. The van der Waals surface area contributed by atoms with Crippen molar-refractivity contribution in [2.75, 3.05) is 19.8 Å². The number of nitrogens with two attached hydrogens (primary N) is 1. The van der Waals surface area contributed by atoms with E-state index in [0.717, 1.165) is 42.6 Å². The average molecular weight is 499 g/mol. The average Bonchev–Trinajstić information content (AvgIpc) is 3.19. The highest BCUT2D eigenvalue weighted by molar-refractivity contribution is 6.09. The fourth-order valence-electron chi connectivity index (χ4n) is 4.45. The summed E-state index contributed by atoms with van der Waals surface area (Å²) >= 11 is 0. The third-order valence-electron chi connectivity index (χ3n) is 6.42. The molecule has 3 aromatic carbocycles. The Labute approximate surface area is 218 Å². The Morgan fingerprint density at radius 3 is 2.24 bits per heavy atom. The SMILES string of the molecule is CCCCOCCCNC(=O)c1cccc(CN2C(=O)C(c3ccccc3)(c3ccccc3)N=C2N)c1. The zero-order valence-electron chi connectivity index (χ0n) is 21.2. The number of guanidine groups is 1. The van der Waals surface area contributed by atoms with Gasteiger partial charge < -0.3 is 15.8 Å². The summed E-state index contributed by atoms with van der Waals surface area (Å²) in [5.41, 5.74) is 7.93. The molecule has 0 unspecified atom stereocenters. The highest BCUT2D eigenvalue weighted by Gasteiger charge is 2.50. The summed E-state index contributed by atoms with van der Waals surface area (Å²) in [4.78, 5) is 32.9. The number of ether oxygens (including phenoxy) is 1. The Hall–Kier alpha value is -3.97. The van der Waals surface area contributed by atoms with E-state index in [4.69, 9.17) is 15.5 Å².